The second-order valence-corrected chi connectivity index (χ2v) is 4.16. The van der Waals surface area contributed by atoms with Crippen LogP contribution in [0, 0.1) is 5.92 Å². The predicted octanol–water partition coefficient (Wildman–Crippen LogP) is 2.80. The second kappa shape index (κ2) is 4.77. The molecule has 0 aromatic heterocycles. The highest BCUT2D eigenvalue weighted by atomic mass is 16.5. The summed E-state index contributed by atoms with van der Waals surface area (Å²) in [5.41, 5.74) is 1.28. The molecule has 2 rings (SSSR count). The van der Waals surface area contributed by atoms with Crippen molar-refractivity contribution in [3.63, 3.8) is 0 Å². The minimum Gasteiger partial charge on any atom is -0.381 e. The molecule has 0 N–H and O–H groups in total. The van der Waals surface area contributed by atoms with Crippen LogP contribution >= 0.6 is 0 Å². The van der Waals surface area contributed by atoms with Crippen LogP contribution in [0.15, 0.2) is 30.3 Å². The van der Waals surface area contributed by atoms with Gasteiger partial charge in [-0.15, -0.1) is 0 Å². The van der Waals surface area contributed by atoms with E-state index in [9.17, 15) is 0 Å². The summed E-state index contributed by atoms with van der Waals surface area (Å²) in [6.45, 7) is 0. The molecule has 2 nitrogen and oxygen atoms in total. The summed E-state index contributed by atoms with van der Waals surface area (Å²) in [4.78, 5) is 0. The van der Waals surface area contributed by atoms with E-state index in [1.54, 1.807) is 14.2 Å². The molecule has 0 bridgehead atoms. The van der Waals surface area contributed by atoms with E-state index >= 15 is 0 Å². The molecule has 0 saturated heterocycles. The largest absolute Gasteiger partial charge is 0.381 e. The molecule has 0 spiro atoms. The van der Waals surface area contributed by atoms with Crippen LogP contribution < -0.4 is 0 Å². The molecule has 1 unspecified atom stereocenters. The van der Waals surface area contributed by atoms with Gasteiger partial charge in [-0.3, -0.25) is 0 Å². The fraction of sp³-hybridized carbons (Fsp3) is 0.538. The quantitative estimate of drug-likeness (QED) is 0.754. The van der Waals surface area contributed by atoms with E-state index in [0.29, 0.717) is 12.0 Å². The Morgan fingerprint density at radius 3 is 2.33 bits per heavy atom. The number of hydrogen-bond acceptors (Lipinski definition) is 2. The highest BCUT2D eigenvalue weighted by Crippen LogP contribution is 2.40. The highest BCUT2D eigenvalue weighted by molar-refractivity contribution is 5.19. The van der Waals surface area contributed by atoms with Crippen LogP contribution in [0.5, 0.6) is 0 Å². The van der Waals surface area contributed by atoms with E-state index in [1.165, 1.54) is 5.56 Å². The average molecular weight is 206 g/mol. The number of rotatable bonds is 4. The molecule has 0 heterocycles. The van der Waals surface area contributed by atoms with Crippen LogP contribution in [0.2, 0.25) is 0 Å². The van der Waals surface area contributed by atoms with Crippen molar-refractivity contribution in [3.05, 3.63) is 35.9 Å². The molecule has 1 atom stereocenters. The Hall–Kier alpha value is -0.860. The summed E-state index contributed by atoms with van der Waals surface area (Å²) in [6.07, 6.45) is 2.90. The molecule has 1 aliphatic rings. The summed E-state index contributed by atoms with van der Waals surface area (Å²) in [6, 6.07) is 10.4. The Kier molecular flexibility index (Phi) is 3.39. The Bertz CT molecular complexity index is 291. The molecular formula is C13H18O2. The van der Waals surface area contributed by atoms with Crippen LogP contribution in [-0.2, 0) is 9.47 Å². The van der Waals surface area contributed by atoms with Gasteiger partial charge in [0.25, 0.3) is 0 Å². The number of hydrogen-bond donors (Lipinski definition) is 0. The van der Waals surface area contributed by atoms with Gasteiger partial charge in [0, 0.05) is 14.2 Å². The maximum absolute atomic E-state index is 5.58. The summed E-state index contributed by atoms with van der Waals surface area (Å²) >= 11 is 0. The molecule has 1 aliphatic carbocycles. The van der Waals surface area contributed by atoms with Gasteiger partial charge in [0.2, 0.25) is 0 Å². The van der Waals surface area contributed by atoms with Crippen molar-refractivity contribution >= 4 is 0 Å². The third-order valence-electron chi connectivity index (χ3n) is 3.27. The lowest BCUT2D eigenvalue weighted by molar-refractivity contribution is -0.0654. The first-order chi connectivity index (χ1) is 7.35. The van der Waals surface area contributed by atoms with Gasteiger partial charge < -0.3 is 9.47 Å². The molecule has 1 aromatic carbocycles. The smallest absolute Gasteiger partial charge is 0.0851 e. The molecule has 15 heavy (non-hydrogen) atoms. The Morgan fingerprint density at radius 2 is 1.80 bits per heavy atom. The summed E-state index contributed by atoms with van der Waals surface area (Å²) in [7, 11) is 3.57. The molecule has 2 heteroatoms. The topological polar surface area (TPSA) is 18.5 Å². The molecular weight excluding hydrogens is 188 g/mol. The lowest BCUT2D eigenvalue weighted by Gasteiger charge is -2.39. The fourth-order valence-electron chi connectivity index (χ4n) is 2.29. The van der Waals surface area contributed by atoms with Crippen LogP contribution in [0.3, 0.4) is 0 Å². The van der Waals surface area contributed by atoms with Gasteiger partial charge >= 0.3 is 0 Å². The number of ether oxygens (including phenoxy) is 2. The van der Waals surface area contributed by atoms with Gasteiger partial charge in [-0.2, -0.15) is 0 Å². The van der Waals surface area contributed by atoms with E-state index in [-0.39, 0.29) is 6.10 Å². The molecule has 82 valence electrons. The molecule has 0 amide bonds. The zero-order chi connectivity index (χ0) is 10.7. The van der Waals surface area contributed by atoms with Crippen molar-refractivity contribution in [1.82, 2.24) is 0 Å². The SMILES string of the molecule is COC(c1ccccc1)[C@H]1C[C@@H](OC)C1. The Labute approximate surface area is 91.2 Å². The first-order valence-electron chi connectivity index (χ1n) is 5.45. The van der Waals surface area contributed by atoms with E-state index in [4.69, 9.17) is 9.47 Å². The third kappa shape index (κ3) is 2.21. The van der Waals surface area contributed by atoms with Crippen molar-refractivity contribution in [2.45, 2.75) is 25.0 Å². The molecule has 0 radical (unpaired) electrons. The number of benzene rings is 1. The van der Waals surface area contributed by atoms with Crippen LogP contribution in [0.1, 0.15) is 24.5 Å². The summed E-state index contributed by atoms with van der Waals surface area (Å²) < 4.78 is 10.9. The average Bonchev–Trinajstić information content (AvgIpc) is 2.24. The summed E-state index contributed by atoms with van der Waals surface area (Å²) in [5.74, 6) is 0.613. The monoisotopic (exact) mass is 206 g/mol. The number of methoxy groups -OCH3 is 2. The fourth-order valence-corrected chi connectivity index (χ4v) is 2.29. The zero-order valence-electron chi connectivity index (χ0n) is 9.35. The van der Waals surface area contributed by atoms with Gasteiger partial charge in [0.1, 0.15) is 0 Å². The van der Waals surface area contributed by atoms with Gasteiger partial charge in [0.15, 0.2) is 0 Å². The van der Waals surface area contributed by atoms with Gasteiger partial charge in [-0.1, -0.05) is 30.3 Å². The van der Waals surface area contributed by atoms with Crippen molar-refractivity contribution in [1.29, 1.82) is 0 Å². The predicted molar refractivity (Wildman–Crippen MR) is 59.7 cm³/mol. The first kappa shape index (κ1) is 10.7. The van der Waals surface area contributed by atoms with Crippen LogP contribution in [0.25, 0.3) is 0 Å². The van der Waals surface area contributed by atoms with Crippen molar-refractivity contribution in [3.8, 4) is 0 Å². The zero-order valence-corrected chi connectivity index (χ0v) is 9.35. The normalized spacial score (nSPS) is 27.1. The van der Waals surface area contributed by atoms with Crippen molar-refractivity contribution in [2.24, 2.45) is 5.92 Å². The van der Waals surface area contributed by atoms with E-state index < -0.39 is 0 Å². The Balaban J connectivity index is 2.00. The molecule has 1 fully saturated rings. The minimum absolute atomic E-state index is 0.234. The standard InChI is InChI=1S/C13H18O2/c1-14-12-8-11(9-12)13(15-2)10-6-4-3-5-7-10/h3-7,11-13H,8-9H2,1-2H3/t11-,12+,13?. The lowest BCUT2D eigenvalue weighted by Crippen LogP contribution is -2.35. The van der Waals surface area contributed by atoms with Gasteiger partial charge in [-0.25, -0.2) is 0 Å². The summed E-state index contributed by atoms with van der Waals surface area (Å²) in [5, 5.41) is 0. The Morgan fingerprint density at radius 1 is 1.13 bits per heavy atom. The third-order valence-corrected chi connectivity index (χ3v) is 3.27. The van der Waals surface area contributed by atoms with Crippen molar-refractivity contribution in [2.75, 3.05) is 14.2 Å². The maximum atomic E-state index is 5.58. The van der Waals surface area contributed by atoms with E-state index in [2.05, 4.69) is 24.3 Å². The first-order valence-corrected chi connectivity index (χ1v) is 5.45. The van der Waals surface area contributed by atoms with Crippen LogP contribution in [-0.4, -0.2) is 20.3 Å². The second-order valence-electron chi connectivity index (χ2n) is 4.16. The van der Waals surface area contributed by atoms with E-state index in [1.807, 2.05) is 6.07 Å². The van der Waals surface area contributed by atoms with Crippen molar-refractivity contribution < 1.29 is 9.47 Å². The van der Waals surface area contributed by atoms with Gasteiger partial charge in [0.05, 0.1) is 12.2 Å². The maximum Gasteiger partial charge on any atom is 0.0851 e. The van der Waals surface area contributed by atoms with Crippen LogP contribution in [0.4, 0.5) is 0 Å². The minimum atomic E-state index is 0.234. The highest BCUT2D eigenvalue weighted by Gasteiger charge is 2.35. The molecule has 1 saturated carbocycles. The molecule has 1 aromatic rings. The lowest BCUT2D eigenvalue weighted by atomic mass is 9.76. The van der Waals surface area contributed by atoms with E-state index in [0.717, 1.165) is 12.8 Å². The van der Waals surface area contributed by atoms with Gasteiger partial charge in [-0.05, 0) is 24.3 Å². The molecule has 0 aliphatic heterocycles.